The molecule has 1 heterocycles. The molecule has 0 saturated heterocycles. The average Bonchev–Trinajstić information content (AvgIpc) is 2.78. The van der Waals surface area contributed by atoms with Gasteiger partial charge in [0.15, 0.2) is 12.4 Å². The van der Waals surface area contributed by atoms with Gasteiger partial charge in [-0.15, -0.1) is 0 Å². The number of anilines is 1. The first kappa shape index (κ1) is 22.4. The zero-order chi connectivity index (χ0) is 23.6. The van der Waals surface area contributed by atoms with Crippen molar-refractivity contribution in [2.45, 2.75) is 6.18 Å². The van der Waals surface area contributed by atoms with E-state index in [1.165, 1.54) is 12.1 Å². The Bertz CT molecular complexity index is 1380. The van der Waals surface area contributed by atoms with Crippen molar-refractivity contribution in [2.24, 2.45) is 0 Å². The van der Waals surface area contributed by atoms with E-state index in [-0.39, 0.29) is 16.9 Å². The normalized spacial score (nSPS) is 11.4. The largest absolute Gasteiger partial charge is 0.476 e. The maximum absolute atomic E-state index is 13.2. The maximum atomic E-state index is 13.2. The van der Waals surface area contributed by atoms with Crippen molar-refractivity contribution >= 4 is 34.2 Å². The number of fused-ring (bicyclic) bond motifs is 1. The Kier molecular flexibility index (Phi) is 6.11. The summed E-state index contributed by atoms with van der Waals surface area (Å²) in [6.45, 7) is -0.712. The monoisotopic (exact) mass is 473 g/mol. The van der Waals surface area contributed by atoms with E-state index in [4.69, 9.17) is 20.8 Å². The number of hydrogen-bond donors (Lipinski definition) is 1. The number of benzene rings is 3. The summed E-state index contributed by atoms with van der Waals surface area (Å²) >= 11 is 5.93. The number of ether oxygens (including phenoxy) is 1. The van der Waals surface area contributed by atoms with Gasteiger partial charge >= 0.3 is 6.18 Å². The second-order valence-electron chi connectivity index (χ2n) is 6.97. The van der Waals surface area contributed by atoms with Gasteiger partial charge in [0.25, 0.3) is 5.91 Å². The summed E-state index contributed by atoms with van der Waals surface area (Å²) in [7, 11) is 0. The summed E-state index contributed by atoms with van der Waals surface area (Å²) in [6, 6.07) is 17.5. The lowest BCUT2D eigenvalue weighted by Crippen LogP contribution is -2.24. The molecule has 168 valence electrons. The molecule has 0 bridgehead atoms. The molecular formula is C24H15ClF3NO4. The summed E-state index contributed by atoms with van der Waals surface area (Å²) in [5.41, 5.74) is -1.15. The standard InChI is InChI=1S/C24H15ClF3NO4/c25-15-11-9-14(10-12-15)22-23(21(31)16-5-1-4-8-19(16)33-22)32-13-20(30)29-18-7-3-2-6-17(18)24(26,27)28/h1-12H,13H2,(H,29,30). The summed E-state index contributed by atoms with van der Waals surface area (Å²) in [5, 5.41) is 2.87. The molecule has 0 unspecified atom stereocenters. The highest BCUT2D eigenvalue weighted by Crippen LogP contribution is 2.35. The lowest BCUT2D eigenvalue weighted by molar-refractivity contribution is -0.137. The van der Waals surface area contributed by atoms with Gasteiger partial charge in [-0.1, -0.05) is 35.9 Å². The van der Waals surface area contributed by atoms with Crippen LogP contribution in [0.15, 0.2) is 82.0 Å². The quantitative estimate of drug-likeness (QED) is 0.377. The Balaban J connectivity index is 1.66. The van der Waals surface area contributed by atoms with Crippen molar-refractivity contribution in [3.8, 4) is 17.1 Å². The van der Waals surface area contributed by atoms with Crippen molar-refractivity contribution in [1.82, 2.24) is 0 Å². The molecule has 4 aromatic rings. The first-order chi connectivity index (χ1) is 15.7. The van der Waals surface area contributed by atoms with Crippen LogP contribution in [0, 0.1) is 0 Å². The van der Waals surface area contributed by atoms with E-state index in [0.717, 1.165) is 12.1 Å². The Morgan fingerprint density at radius 3 is 2.36 bits per heavy atom. The molecule has 0 fully saturated rings. The van der Waals surface area contributed by atoms with E-state index in [1.54, 1.807) is 48.5 Å². The van der Waals surface area contributed by atoms with Crippen LogP contribution < -0.4 is 15.5 Å². The lowest BCUT2D eigenvalue weighted by atomic mass is 10.1. The van der Waals surface area contributed by atoms with E-state index in [2.05, 4.69) is 5.32 Å². The topological polar surface area (TPSA) is 68.5 Å². The minimum absolute atomic E-state index is 0.0684. The summed E-state index contributed by atoms with van der Waals surface area (Å²) in [6.07, 6.45) is -4.65. The molecule has 1 N–H and O–H groups in total. The van der Waals surface area contributed by atoms with Crippen LogP contribution in [0.2, 0.25) is 5.02 Å². The summed E-state index contributed by atoms with van der Waals surface area (Å²) < 4.78 is 50.9. The summed E-state index contributed by atoms with van der Waals surface area (Å²) in [4.78, 5) is 25.4. The molecule has 33 heavy (non-hydrogen) atoms. The van der Waals surface area contributed by atoms with Crippen LogP contribution in [0.3, 0.4) is 0 Å². The van der Waals surface area contributed by atoms with Crippen molar-refractivity contribution in [1.29, 1.82) is 0 Å². The maximum Gasteiger partial charge on any atom is 0.418 e. The van der Waals surface area contributed by atoms with Crippen LogP contribution in [0.5, 0.6) is 5.75 Å². The molecule has 3 aromatic carbocycles. The van der Waals surface area contributed by atoms with Gasteiger partial charge in [0.2, 0.25) is 11.2 Å². The second kappa shape index (κ2) is 8.99. The Morgan fingerprint density at radius 1 is 0.970 bits per heavy atom. The number of rotatable bonds is 5. The lowest BCUT2D eigenvalue weighted by Gasteiger charge is -2.14. The molecule has 0 spiro atoms. The van der Waals surface area contributed by atoms with E-state index in [0.29, 0.717) is 16.2 Å². The van der Waals surface area contributed by atoms with Crippen LogP contribution in [0.4, 0.5) is 18.9 Å². The predicted molar refractivity (Wildman–Crippen MR) is 118 cm³/mol. The zero-order valence-electron chi connectivity index (χ0n) is 16.8. The molecule has 5 nitrogen and oxygen atoms in total. The fourth-order valence-electron chi connectivity index (χ4n) is 3.21. The van der Waals surface area contributed by atoms with Gasteiger partial charge in [0.1, 0.15) is 5.58 Å². The van der Waals surface area contributed by atoms with Crippen molar-refractivity contribution in [3.63, 3.8) is 0 Å². The van der Waals surface area contributed by atoms with Crippen LogP contribution >= 0.6 is 11.6 Å². The van der Waals surface area contributed by atoms with Gasteiger partial charge in [-0.05, 0) is 48.5 Å². The third kappa shape index (κ3) is 4.85. The van der Waals surface area contributed by atoms with Crippen LogP contribution in [0.1, 0.15) is 5.56 Å². The van der Waals surface area contributed by atoms with E-state index < -0.39 is 35.4 Å². The number of carbonyl (C=O) groups is 1. The van der Waals surface area contributed by atoms with Gasteiger partial charge in [-0.3, -0.25) is 9.59 Å². The molecule has 0 aliphatic rings. The van der Waals surface area contributed by atoms with Crippen LogP contribution in [-0.4, -0.2) is 12.5 Å². The van der Waals surface area contributed by atoms with Crippen molar-refractivity contribution < 1.29 is 27.1 Å². The number of amides is 1. The number of hydrogen-bond acceptors (Lipinski definition) is 4. The third-order valence-electron chi connectivity index (χ3n) is 4.72. The van der Waals surface area contributed by atoms with Crippen molar-refractivity contribution in [2.75, 3.05) is 11.9 Å². The fraction of sp³-hybridized carbons (Fsp3) is 0.0833. The van der Waals surface area contributed by atoms with Gasteiger partial charge < -0.3 is 14.5 Å². The predicted octanol–water partition coefficient (Wildman–Crippen LogP) is 6.15. The van der Waals surface area contributed by atoms with Gasteiger partial charge in [-0.25, -0.2) is 0 Å². The van der Waals surface area contributed by atoms with Crippen LogP contribution in [-0.2, 0) is 11.0 Å². The van der Waals surface area contributed by atoms with Gasteiger partial charge in [0.05, 0.1) is 16.6 Å². The molecule has 1 aromatic heterocycles. The number of para-hydroxylation sites is 2. The molecule has 0 saturated carbocycles. The number of halogens is 4. The highest BCUT2D eigenvalue weighted by atomic mass is 35.5. The average molecular weight is 474 g/mol. The van der Waals surface area contributed by atoms with Gasteiger partial charge in [-0.2, -0.15) is 13.2 Å². The minimum Gasteiger partial charge on any atom is -0.476 e. The molecule has 0 radical (unpaired) electrons. The number of alkyl halides is 3. The molecule has 0 aliphatic heterocycles. The first-order valence-corrected chi connectivity index (χ1v) is 10.0. The molecule has 9 heteroatoms. The Hall–Kier alpha value is -3.78. The Morgan fingerprint density at radius 2 is 1.64 bits per heavy atom. The smallest absolute Gasteiger partial charge is 0.418 e. The fourth-order valence-corrected chi connectivity index (χ4v) is 3.34. The highest BCUT2D eigenvalue weighted by Gasteiger charge is 2.33. The van der Waals surface area contributed by atoms with E-state index >= 15 is 0 Å². The molecule has 1 amide bonds. The third-order valence-corrected chi connectivity index (χ3v) is 4.97. The van der Waals surface area contributed by atoms with E-state index in [1.807, 2.05) is 0 Å². The molecule has 0 aliphatic carbocycles. The molecule has 4 rings (SSSR count). The first-order valence-electron chi connectivity index (χ1n) is 9.64. The number of nitrogens with one attached hydrogen (secondary N) is 1. The molecule has 0 atom stereocenters. The van der Waals surface area contributed by atoms with E-state index in [9.17, 15) is 22.8 Å². The molecular weight excluding hydrogens is 459 g/mol. The second-order valence-corrected chi connectivity index (χ2v) is 7.41. The highest BCUT2D eigenvalue weighted by molar-refractivity contribution is 6.30. The summed E-state index contributed by atoms with van der Waals surface area (Å²) in [5.74, 6) is -1.05. The zero-order valence-corrected chi connectivity index (χ0v) is 17.5. The minimum atomic E-state index is -4.65. The van der Waals surface area contributed by atoms with Crippen molar-refractivity contribution in [3.05, 3.63) is 93.6 Å². The number of carbonyl (C=O) groups excluding carboxylic acids is 1. The SMILES string of the molecule is O=C(COc1c(-c2ccc(Cl)cc2)oc2ccccc2c1=O)Nc1ccccc1C(F)(F)F. The van der Waals surface area contributed by atoms with Gasteiger partial charge in [0, 0.05) is 10.6 Å². The van der Waals surface area contributed by atoms with Crippen LogP contribution in [0.25, 0.3) is 22.3 Å². The Labute approximate surface area is 190 Å².